The first-order chi connectivity index (χ1) is 10.6. The maximum atomic E-state index is 13.6. The molecular formula is C14H7ClF5NO2. The molecule has 0 bridgehead atoms. The van der Waals surface area contributed by atoms with Crippen molar-refractivity contribution in [3.8, 4) is 5.75 Å². The van der Waals surface area contributed by atoms with Crippen LogP contribution in [0.2, 0.25) is 5.02 Å². The van der Waals surface area contributed by atoms with Crippen molar-refractivity contribution in [3.05, 3.63) is 58.1 Å². The molecule has 0 aliphatic carbocycles. The van der Waals surface area contributed by atoms with Crippen LogP contribution in [0.3, 0.4) is 0 Å². The summed E-state index contributed by atoms with van der Waals surface area (Å²) in [7, 11) is 0. The van der Waals surface area contributed by atoms with Crippen molar-refractivity contribution in [2.45, 2.75) is 6.18 Å². The number of phenolic OH excluding ortho intramolecular Hbond substituents is 1. The summed E-state index contributed by atoms with van der Waals surface area (Å²) in [5.41, 5.74) is -2.22. The first-order valence-corrected chi connectivity index (χ1v) is 6.33. The predicted molar refractivity (Wildman–Crippen MR) is 72.4 cm³/mol. The highest BCUT2D eigenvalue weighted by atomic mass is 35.5. The first kappa shape index (κ1) is 17.0. The molecule has 122 valence electrons. The van der Waals surface area contributed by atoms with Gasteiger partial charge in [-0.25, -0.2) is 8.78 Å². The van der Waals surface area contributed by atoms with Gasteiger partial charge in [0.15, 0.2) is 0 Å². The molecule has 0 saturated carbocycles. The van der Waals surface area contributed by atoms with Crippen molar-refractivity contribution < 1.29 is 31.9 Å². The lowest BCUT2D eigenvalue weighted by molar-refractivity contribution is -0.137. The molecule has 0 aliphatic rings. The van der Waals surface area contributed by atoms with Crippen LogP contribution >= 0.6 is 11.6 Å². The third kappa shape index (κ3) is 3.70. The summed E-state index contributed by atoms with van der Waals surface area (Å²) in [6, 6.07) is 2.91. The molecule has 0 aromatic heterocycles. The van der Waals surface area contributed by atoms with Gasteiger partial charge in [-0.15, -0.1) is 0 Å². The Morgan fingerprint density at radius 1 is 1.09 bits per heavy atom. The van der Waals surface area contributed by atoms with Crippen LogP contribution in [0.25, 0.3) is 0 Å². The van der Waals surface area contributed by atoms with Gasteiger partial charge in [0.2, 0.25) is 0 Å². The summed E-state index contributed by atoms with van der Waals surface area (Å²) in [4.78, 5) is 11.9. The molecule has 0 atom stereocenters. The predicted octanol–water partition coefficient (Wildman–Crippen LogP) is 4.59. The van der Waals surface area contributed by atoms with Crippen LogP contribution in [0, 0.1) is 11.6 Å². The molecule has 2 aromatic carbocycles. The molecular weight excluding hydrogens is 345 g/mol. The Morgan fingerprint density at radius 3 is 2.30 bits per heavy atom. The highest BCUT2D eigenvalue weighted by Gasteiger charge is 2.31. The largest absolute Gasteiger partial charge is 0.507 e. The Kier molecular flexibility index (Phi) is 4.46. The second-order valence-corrected chi connectivity index (χ2v) is 4.84. The van der Waals surface area contributed by atoms with E-state index in [-0.39, 0.29) is 6.07 Å². The summed E-state index contributed by atoms with van der Waals surface area (Å²) in [6.45, 7) is 0. The van der Waals surface area contributed by atoms with Gasteiger partial charge in [0.1, 0.15) is 17.4 Å². The van der Waals surface area contributed by atoms with Crippen LogP contribution in [0.5, 0.6) is 5.75 Å². The van der Waals surface area contributed by atoms with Crippen molar-refractivity contribution >= 4 is 23.2 Å². The Morgan fingerprint density at radius 2 is 1.74 bits per heavy atom. The number of hydrogen-bond acceptors (Lipinski definition) is 2. The van der Waals surface area contributed by atoms with Crippen LogP contribution in [0.15, 0.2) is 30.3 Å². The van der Waals surface area contributed by atoms with Crippen LogP contribution in [0.1, 0.15) is 15.9 Å². The van der Waals surface area contributed by atoms with E-state index in [0.29, 0.717) is 12.1 Å². The summed E-state index contributed by atoms with van der Waals surface area (Å²) in [5.74, 6) is -4.11. The summed E-state index contributed by atoms with van der Waals surface area (Å²) >= 11 is 5.47. The maximum absolute atomic E-state index is 13.6. The van der Waals surface area contributed by atoms with Crippen LogP contribution in [-0.4, -0.2) is 11.0 Å². The molecule has 9 heteroatoms. The van der Waals surface area contributed by atoms with Gasteiger partial charge < -0.3 is 10.4 Å². The molecule has 0 spiro atoms. The number of anilines is 1. The molecule has 2 rings (SSSR count). The Labute approximate surface area is 131 Å². The van der Waals surface area contributed by atoms with Gasteiger partial charge in [0.25, 0.3) is 5.91 Å². The number of carbonyl (C=O) groups excluding carboxylic acids is 1. The second-order valence-electron chi connectivity index (χ2n) is 4.43. The zero-order chi connectivity index (χ0) is 17.4. The fraction of sp³-hybridized carbons (Fsp3) is 0.0714. The molecule has 23 heavy (non-hydrogen) atoms. The first-order valence-electron chi connectivity index (χ1n) is 5.95. The van der Waals surface area contributed by atoms with Crippen molar-refractivity contribution in [3.63, 3.8) is 0 Å². The summed E-state index contributed by atoms with van der Waals surface area (Å²) < 4.78 is 64.0. The lowest BCUT2D eigenvalue weighted by atomic mass is 10.1. The van der Waals surface area contributed by atoms with Crippen molar-refractivity contribution in [1.29, 1.82) is 0 Å². The van der Waals surface area contributed by atoms with Crippen LogP contribution in [0.4, 0.5) is 27.6 Å². The standard InChI is InChI=1S/C14H7ClF5NO2/c15-8-4-7(12(22)5-9(8)16)13(23)21-11-2-1-6(3-10(11)17)14(18,19)20/h1-5,22H,(H,21,23). The van der Waals surface area contributed by atoms with E-state index in [9.17, 15) is 31.9 Å². The molecule has 2 N–H and O–H groups in total. The van der Waals surface area contributed by atoms with E-state index in [4.69, 9.17) is 11.6 Å². The van der Waals surface area contributed by atoms with E-state index in [0.717, 1.165) is 12.1 Å². The van der Waals surface area contributed by atoms with Gasteiger partial charge in [-0.3, -0.25) is 4.79 Å². The number of aromatic hydroxyl groups is 1. The zero-order valence-electron chi connectivity index (χ0n) is 11.0. The molecule has 0 aliphatic heterocycles. The number of alkyl halides is 3. The SMILES string of the molecule is O=C(Nc1ccc(C(F)(F)F)cc1F)c1cc(Cl)c(F)cc1O. The van der Waals surface area contributed by atoms with Crippen molar-refractivity contribution in [2.24, 2.45) is 0 Å². The van der Waals surface area contributed by atoms with Crippen molar-refractivity contribution in [1.82, 2.24) is 0 Å². The number of carbonyl (C=O) groups is 1. The third-order valence-corrected chi connectivity index (χ3v) is 3.12. The monoisotopic (exact) mass is 351 g/mol. The highest BCUT2D eigenvalue weighted by Crippen LogP contribution is 2.32. The number of nitrogens with one attached hydrogen (secondary N) is 1. The Hall–Kier alpha value is -2.35. The van der Waals surface area contributed by atoms with E-state index < -0.39 is 51.3 Å². The van der Waals surface area contributed by atoms with Gasteiger partial charge in [-0.1, -0.05) is 11.6 Å². The van der Waals surface area contributed by atoms with Gasteiger partial charge in [0, 0.05) is 6.07 Å². The molecule has 0 fully saturated rings. The van der Waals surface area contributed by atoms with Gasteiger partial charge in [-0.2, -0.15) is 13.2 Å². The Bertz CT molecular complexity index is 776. The smallest absolute Gasteiger partial charge is 0.416 e. The quantitative estimate of drug-likeness (QED) is 0.777. The molecule has 2 aromatic rings. The molecule has 1 amide bonds. The number of hydrogen-bond donors (Lipinski definition) is 2. The topological polar surface area (TPSA) is 49.3 Å². The van der Waals surface area contributed by atoms with E-state index in [2.05, 4.69) is 0 Å². The van der Waals surface area contributed by atoms with Gasteiger partial charge in [0.05, 0.1) is 21.8 Å². The van der Waals surface area contributed by atoms with Crippen LogP contribution in [-0.2, 0) is 6.18 Å². The zero-order valence-corrected chi connectivity index (χ0v) is 11.8. The molecule has 0 unspecified atom stereocenters. The average molecular weight is 352 g/mol. The molecule has 3 nitrogen and oxygen atoms in total. The summed E-state index contributed by atoms with van der Waals surface area (Å²) in [6.07, 6.45) is -4.73. The number of amides is 1. The molecule has 0 heterocycles. The minimum Gasteiger partial charge on any atom is -0.507 e. The lowest BCUT2D eigenvalue weighted by Gasteiger charge is -2.11. The third-order valence-electron chi connectivity index (χ3n) is 2.83. The minimum atomic E-state index is -4.73. The summed E-state index contributed by atoms with van der Waals surface area (Å²) in [5, 5.41) is 11.0. The molecule has 0 radical (unpaired) electrons. The van der Waals surface area contributed by atoms with Gasteiger partial charge >= 0.3 is 6.18 Å². The fourth-order valence-electron chi connectivity index (χ4n) is 1.70. The maximum Gasteiger partial charge on any atom is 0.416 e. The number of halogens is 6. The highest BCUT2D eigenvalue weighted by molar-refractivity contribution is 6.31. The number of benzene rings is 2. The second kappa shape index (κ2) is 6.04. The lowest BCUT2D eigenvalue weighted by Crippen LogP contribution is -2.14. The van der Waals surface area contributed by atoms with Crippen LogP contribution < -0.4 is 5.32 Å². The normalized spacial score (nSPS) is 11.4. The van der Waals surface area contributed by atoms with E-state index >= 15 is 0 Å². The number of phenols is 1. The van der Waals surface area contributed by atoms with Crippen molar-refractivity contribution in [2.75, 3.05) is 5.32 Å². The van der Waals surface area contributed by atoms with E-state index in [1.807, 2.05) is 5.32 Å². The Balaban J connectivity index is 2.29. The van der Waals surface area contributed by atoms with E-state index in [1.165, 1.54) is 0 Å². The number of rotatable bonds is 2. The van der Waals surface area contributed by atoms with E-state index in [1.54, 1.807) is 0 Å². The molecule has 0 saturated heterocycles. The van der Waals surface area contributed by atoms with Gasteiger partial charge in [-0.05, 0) is 24.3 Å². The fourth-order valence-corrected chi connectivity index (χ4v) is 1.86. The average Bonchev–Trinajstić information content (AvgIpc) is 2.43. The minimum absolute atomic E-state index is 0.215.